The normalized spacial score (nSPS) is 18.5. The van der Waals surface area contributed by atoms with Gasteiger partial charge in [0.15, 0.2) is 5.96 Å². The molecule has 25 heavy (non-hydrogen) atoms. The van der Waals surface area contributed by atoms with E-state index in [-0.39, 0.29) is 29.9 Å². The Hall–Kier alpha value is -0.830. The van der Waals surface area contributed by atoms with Crippen LogP contribution in [0.4, 0.5) is 0 Å². The predicted molar refractivity (Wildman–Crippen MR) is 116 cm³/mol. The Morgan fingerprint density at radius 2 is 1.88 bits per heavy atom. The van der Waals surface area contributed by atoms with Gasteiger partial charge in [-0.1, -0.05) is 22.4 Å². The van der Waals surface area contributed by atoms with Crippen molar-refractivity contribution >= 4 is 51.8 Å². The van der Waals surface area contributed by atoms with Gasteiger partial charge >= 0.3 is 0 Å². The summed E-state index contributed by atoms with van der Waals surface area (Å²) in [6.07, 6.45) is 5.39. The fourth-order valence-electron chi connectivity index (χ4n) is 3.59. The van der Waals surface area contributed by atoms with Crippen molar-refractivity contribution in [1.82, 2.24) is 15.5 Å². The first-order valence-electron chi connectivity index (χ1n) is 8.61. The van der Waals surface area contributed by atoms with Crippen LogP contribution < -0.4 is 10.6 Å². The molecular formula is C18H26BrIN4O. The third-order valence-electron chi connectivity index (χ3n) is 5.16. The molecule has 1 heterocycles. The average molecular weight is 521 g/mol. The molecule has 1 aliphatic heterocycles. The molecule has 3 rings (SSSR count). The lowest BCUT2D eigenvalue weighted by Crippen LogP contribution is -2.44. The molecule has 0 unspecified atom stereocenters. The first kappa shape index (κ1) is 20.5. The molecule has 0 bridgehead atoms. The molecule has 2 fully saturated rings. The highest BCUT2D eigenvalue weighted by Gasteiger charge is 2.43. The number of nitrogens with zero attached hydrogens (tertiary/aromatic N) is 2. The summed E-state index contributed by atoms with van der Waals surface area (Å²) in [5.74, 6) is 0.908. The Kier molecular flexibility index (Phi) is 7.54. The molecule has 1 saturated heterocycles. The van der Waals surface area contributed by atoms with Crippen molar-refractivity contribution in [1.29, 1.82) is 0 Å². The number of amides is 1. The van der Waals surface area contributed by atoms with Crippen molar-refractivity contribution in [2.24, 2.45) is 10.4 Å². The van der Waals surface area contributed by atoms with E-state index in [2.05, 4.69) is 36.5 Å². The van der Waals surface area contributed by atoms with E-state index < -0.39 is 0 Å². The smallest absolute Gasteiger partial charge is 0.251 e. The number of carbonyl (C=O) groups excluding carboxylic acids is 1. The summed E-state index contributed by atoms with van der Waals surface area (Å²) in [6.45, 7) is 3.47. The first-order chi connectivity index (χ1) is 11.6. The molecule has 5 nitrogen and oxygen atoms in total. The molecule has 1 saturated carbocycles. The zero-order valence-electron chi connectivity index (χ0n) is 14.6. The average Bonchev–Trinajstić information content (AvgIpc) is 3.01. The largest absolute Gasteiger partial charge is 0.354 e. The van der Waals surface area contributed by atoms with Crippen molar-refractivity contribution in [2.75, 3.05) is 33.2 Å². The molecule has 7 heteroatoms. The number of hydrogen-bond acceptors (Lipinski definition) is 2. The van der Waals surface area contributed by atoms with E-state index in [4.69, 9.17) is 0 Å². The number of likely N-dealkylation sites (tertiary alicyclic amines) is 1. The van der Waals surface area contributed by atoms with E-state index in [9.17, 15) is 4.79 Å². The molecule has 2 N–H and O–H groups in total. The zero-order chi connectivity index (χ0) is 17.0. The molecule has 1 aromatic rings. The lowest BCUT2D eigenvalue weighted by Gasteiger charge is -2.38. The van der Waals surface area contributed by atoms with E-state index in [0.29, 0.717) is 24.1 Å². The molecule has 1 amide bonds. The maximum Gasteiger partial charge on any atom is 0.251 e. The maximum atomic E-state index is 12.1. The second-order valence-corrected chi connectivity index (χ2v) is 7.68. The Morgan fingerprint density at radius 1 is 1.20 bits per heavy atom. The van der Waals surface area contributed by atoms with Crippen LogP contribution >= 0.6 is 39.9 Å². The first-order valence-corrected chi connectivity index (χ1v) is 9.41. The van der Waals surface area contributed by atoms with Gasteiger partial charge in [0, 0.05) is 43.3 Å². The second kappa shape index (κ2) is 9.21. The number of guanidine groups is 1. The second-order valence-electron chi connectivity index (χ2n) is 6.76. The zero-order valence-corrected chi connectivity index (χ0v) is 18.5. The van der Waals surface area contributed by atoms with Gasteiger partial charge in [0.05, 0.1) is 0 Å². The highest BCUT2D eigenvalue weighted by Crippen LogP contribution is 2.47. The van der Waals surface area contributed by atoms with Crippen LogP contribution in [-0.2, 0) is 0 Å². The highest BCUT2D eigenvalue weighted by atomic mass is 127. The summed E-state index contributed by atoms with van der Waals surface area (Å²) in [7, 11) is 1.83. The molecule has 138 valence electrons. The van der Waals surface area contributed by atoms with Crippen molar-refractivity contribution in [3.63, 3.8) is 0 Å². The van der Waals surface area contributed by atoms with E-state index in [1.807, 2.05) is 31.3 Å². The van der Waals surface area contributed by atoms with Crippen LogP contribution in [0.1, 0.15) is 36.0 Å². The highest BCUT2D eigenvalue weighted by molar-refractivity contribution is 14.0. The summed E-state index contributed by atoms with van der Waals surface area (Å²) in [6, 6.07) is 7.37. The lowest BCUT2D eigenvalue weighted by molar-refractivity contribution is 0.0954. The third-order valence-corrected chi connectivity index (χ3v) is 5.69. The Morgan fingerprint density at radius 3 is 2.44 bits per heavy atom. The molecular weight excluding hydrogens is 495 g/mol. The summed E-state index contributed by atoms with van der Waals surface area (Å²) in [5, 5.41) is 6.30. The molecule has 0 radical (unpaired) electrons. The Balaban J connectivity index is 0.00000225. The van der Waals surface area contributed by atoms with Crippen molar-refractivity contribution in [3.05, 3.63) is 34.3 Å². The van der Waals surface area contributed by atoms with Gasteiger partial charge in [-0.3, -0.25) is 9.79 Å². The van der Waals surface area contributed by atoms with Crippen molar-refractivity contribution in [2.45, 2.75) is 25.7 Å². The molecule has 1 aromatic carbocycles. The lowest BCUT2D eigenvalue weighted by atomic mass is 9.68. The topological polar surface area (TPSA) is 56.7 Å². The van der Waals surface area contributed by atoms with Gasteiger partial charge in [0.2, 0.25) is 0 Å². The molecule has 0 aromatic heterocycles. The fraction of sp³-hybridized carbons (Fsp3) is 0.556. The fourth-order valence-corrected chi connectivity index (χ4v) is 3.85. The van der Waals surface area contributed by atoms with Crippen LogP contribution in [-0.4, -0.2) is 50.0 Å². The van der Waals surface area contributed by atoms with E-state index in [0.717, 1.165) is 23.5 Å². The number of nitrogens with one attached hydrogen (secondary N) is 2. The van der Waals surface area contributed by atoms with Gasteiger partial charge in [0.25, 0.3) is 5.91 Å². The van der Waals surface area contributed by atoms with Crippen LogP contribution in [0.5, 0.6) is 0 Å². The number of rotatable bonds is 4. The summed E-state index contributed by atoms with van der Waals surface area (Å²) < 4.78 is 0.972. The summed E-state index contributed by atoms with van der Waals surface area (Å²) >= 11 is 3.37. The standard InChI is InChI=1S/C18H25BrN4O.HI/c1-20-17(23-12-9-18(13-23)7-2-8-18)22-11-10-21-16(24)14-3-5-15(19)6-4-14;/h3-6H,2,7-13H2,1H3,(H,20,22)(H,21,24);1H. The van der Waals surface area contributed by atoms with Gasteiger partial charge in [-0.15, -0.1) is 24.0 Å². The Labute approximate surface area is 175 Å². The van der Waals surface area contributed by atoms with Crippen molar-refractivity contribution < 1.29 is 4.79 Å². The van der Waals surface area contributed by atoms with Crippen LogP contribution in [0.25, 0.3) is 0 Å². The number of hydrogen-bond donors (Lipinski definition) is 2. The van der Waals surface area contributed by atoms with Gasteiger partial charge < -0.3 is 15.5 Å². The quantitative estimate of drug-likeness (QED) is 0.277. The number of aliphatic imine (C=N–C) groups is 1. The van der Waals surface area contributed by atoms with E-state index in [1.165, 1.54) is 25.7 Å². The number of carbonyl (C=O) groups is 1. The van der Waals surface area contributed by atoms with Gasteiger partial charge in [-0.2, -0.15) is 0 Å². The summed E-state index contributed by atoms with van der Waals surface area (Å²) in [4.78, 5) is 18.8. The molecule has 1 aliphatic carbocycles. The van der Waals surface area contributed by atoms with Crippen LogP contribution in [0.15, 0.2) is 33.7 Å². The van der Waals surface area contributed by atoms with Crippen LogP contribution in [0.3, 0.4) is 0 Å². The third kappa shape index (κ3) is 5.09. The van der Waals surface area contributed by atoms with Crippen molar-refractivity contribution in [3.8, 4) is 0 Å². The van der Waals surface area contributed by atoms with Gasteiger partial charge in [0.1, 0.15) is 0 Å². The van der Waals surface area contributed by atoms with Crippen LogP contribution in [0.2, 0.25) is 0 Å². The minimum atomic E-state index is -0.0473. The minimum Gasteiger partial charge on any atom is -0.354 e. The molecule has 2 aliphatic rings. The summed E-state index contributed by atoms with van der Waals surface area (Å²) in [5.41, 5.74) is 1.24. The number of benzene rings is 1. The van der Waals surface area contributed by atoms with E-state index in [1.54, 1.807) is 0 Å². The SMILES string of the molecule is CN=C(NCCNC(=O)c1ccc(Br)cc1)N1CCC2(CCC2)C1.I. The number of halogens is 2. The maximum absolute atomic E-state index is 12.1. The van der Waals surface area contributed by atoms with Crippen LogP contribution in [0, 0.1) is 5.41 Å². The minimum absolute atomic E-state index is 0. The molecule has 1 spiro atoms. The van der Waals surface area contributed by atoms with Gasteiger partial charge in [-0.25, -0.2) is 0 Å². The predicted octanol–water partition coefficient (Wildman–Crippen LogP) is 3.25. The monoisotopic (exact) mass is 520 g/mol. The molecule has 0 atom stereocenters. The van der Waals surface area contributed by atoms with E-state index >= 15 is 0 Å². The van der Waals surface area contributed by atoms with Gasteiger partial charge in [-0.05, 0) is 48.9 Å². The Bertz CT molecular complexity index is 616.